The number of nitro benzene ring substituents is 1. The van der Waals surface area contributed by atoms with Crippen LogP contribution in [0.5, 0.6) is 5.75 Å². The van der Waals surface area contributed by atoms with Crippen LogP contribution in [0.1, 0.15) is 10.4 Å². The van der Waals surface area contributed by atoms with E-state index in [1.165, 1.54) is 25.3 Å². The zero-order valence-corrected chi connectivity index (χ0v) is 17.7. The fourth-order valence-corrected chi connectivity index (χ4v) is 3.21. The average molecular weight is 432 g/mol. The van der Waals surface area contributed by atoms with E-state index < -0.39 is 10.8 Å². The number of methoxy groups -OCH3 is 1. The molecule has 1 aromatic heterocycles. The van der Waals surface area contributed by atoms with Crippen LogP contribution in [0.3, 0.4) is 0 Å². The fourth-order valence-electron chi connectivity index (χ4n) is 3.21. The Morgan fingerprint density at radius 2 is 1.84 bits per heavy atom. The van der Waals surface area contributed by atoms with Gasteiger partial charge in [0.1, 0.15) is 5.52 Å². The average Bonchev–Trinajstić information content (AvgIpc) is 3.22. The monoisotopic (exact) mass is 432 g/mol. The van der Waals surface area contributed by atoms with E-state index in [0.717, 1.165) is 11.3 Å². The number of hydrogen-bond donors (Lipinski definition) is 1. The van der Waals surface area contributed by atoms with Gasteiger partial charge in [0.05, 0.1) is 12.0 Å². The molecule has 1 amide bonds. The second-order valence-electron chi connectivity index (χ2n) is 7.24. The second-order valence-corrected chi connectivity index (χ2v) is 7.24. The molecule has 0 unspecified atom stereocenters. The van der Waals surface area contributed by atoms with Crippen molar-refractivity contribution >= 4 is 34.1 Å². The van der Waals surface area contributed by atoms with Gasteiger partial charge in [-0.05, 0) is 54.6 Å². The Labute approximate surface area is 183 Å². The highest BCUT2D eigenvalue weighted by molar-refractivity contribution is 6.05. The van der Waals surface area contributed by atoms with Gasteiger partial charge in [0.15, 0.2) is 11.3 Å². The Morgan fingerprint density at radius 1 is 1.09 bits per heavy atom. The van der Waals surface area contributed by atoms with Gasteiger partial charge in [-0.1, -0.05) is 0 Å². The molecule has 9 nitrogen and oxygen atoms in total. The standard InChI is InChI=1S/C23H20N4O5/c1-26(2)17-8-4-14(5-9-17)23-25-18-13-16(7-11-20(18)32-23)24-22(28)15-6-10-21(31-3)19(12-15)27(29)30/h4-13H,1-3H3,(H,24,28). The van der Waals surface area contributed by atoms with Crippen molar-refractivity contribution in [1.29, 1.82) is 0 Å². The molecule has 0 aliphatic heterocycles. The molecule has 0 atom stereocenters. The minimum absolute atomic E-state index is 0.0849. The lowest BCUT2D eigenvalue weighted by Gasteiger charge is -2.11. The number of hydrogen-bond acceptors (Lipinski definition) is 7. The third kappa shape index (κ3) is 4.08. The van der Waals surface area contributed by atoms with Crippen molar-refractivity contribution in [3.8, 4) is 17.2 Å². The molecule has 0 saturated carbocycles. The minimum atomic E-state index is -0.594. The van der Waals surface area contributed by atoms with Gasteiger partial charge < -0.3 is 19.4 Å². The number of nitrogens with zero attached hydrogens (tertiary/aromatic N) is 3. The summed E-state index contributed by atoms with van der Waals surface area (Å²) in [4.78, 5) is 29.7. The molecule has 0 aliphatic carbocycles. The maximum atomic E-state index is 12.6. The van der Waals surface area contributed by atoms with Crippen LogP contribution in [-0.4, -0.2) is 37.0 Å². The predicted molar refractivity (Wildman–Crippen MR) is 121 cm³/mol. The summed E-state index contributed by atoms with van der Waals surface area (Å²) in [7, 11) is 5.27. The summed E-state index contributed by atoms with van der Waals surface area (Å²) in [5, 5.41) is 13.9. The van der Waals surface area contributed by atoms with Crippen molar-refractivity contribution in [2.75, 3.05) is 31.4 Å². The SMILES string of the molecule is COc1ccc(C(=O)Nc2ccc3oc(-c4ccc(N(C)C)cc4)nc3c2)cc1[N+](=O)[O-]. The number of anilines is 2. The Hall–Kier alpha value is -4.40. The first kappa shape index (κ1) is 20.9. The topological polar surface area (TPSA) is 111 Å². The molecular formula is C23H20N4O5. The van der Waals surface area contributed by atoms with E-state index in [0.29, 0.717) is 22.7 Å². The maximum absolute atomic E-state index is 12.6. The number of rotatable bonds is 6. The third-order valence-electron chi connectivity index (χ3n) is 4.91. The molecule has 0 saturated heterocycles. The van der Waals surface area contributed by atoms with E-state index in [-0.39, 0.29) is 17.0 Å². The molecule has 1 N–H and O–H groups in total. The summed E-state index contributed by atoms with van der Waals surface area (Å²) in [5.41, 5.74) is 3.40. The van der Waals surface area contributed by atoms with Crippen LogP contribution < -0.4 is 15.0 Å². The van der Waals surface area contributed by atoms with E-state index in [9.17, 15) is 14.9 Å². The fraction of sp³-hybridized carbons (Fsp3) is 0.130. The van der Waals surface area contributed by atoms with Gasteiger partial charge >= 0.3 is 5.69 Å². The number of nitro groups is 1. The zero-order valence-electron chi connectivity index (χ0n) is 17.7. The second kappa shape index (κ2) is 8.38. The molecule has 0 bridgehead atoms. The first-order chi connectivity index (χ1) is 15.4. The van der Waals surface area contributed by atoms with E-state index in [2.05, 4.69) is 10.3 Å². The number of oxazole rings is 1. The smallest absolute Gasteiger partial charge is 0.311 e. The lowest BCUT2D eigenvalue weighted by molar-refractivity contribution is -0.385. The molecule has 4 rings (SSSR count). The van der Waals surface area contributed by atoms with Gasteiger partial charge in [0.25, 0.3) is 5.91 Å². The first-order valence-electron chi connectivity index (χ1n) is 9.68. The summed E-state index contributed by atoms with van der Waals surface area (Å²) >= 11 is 0. The highest BCUT2D eigenvalue weighted by Gasteiger charge is 2.18. The van der Waals surface area contributed by atoms with Crippen LogP contribution in [0, 0.1) is 10.1 Å². The summed E-state index contributed by atoms with van der Waals surface area (Å²) < 4.78 is 10.8. The van der Waals surface area contributed by atoms with Crippen molar-refractivity contribution in [3.05, 3.63) is 76.3 Å². The number of amides is 1. The Kier molecular flexibility index (Phi) is 5.46. The van der Waals surface area contributed by atoms with Crippen LogP contribution in [0.25, 0.3) is 22.6 Å². The molecule has 0 radical (unpaired) electrons. The van der Waals surface area contributed by atoms with Gasteiger partial charge in [-0.15, -0.1) is 0 Å². The van der Waals surface area contributed by atoms with Gasteiger partial charge in [-0.2, -0.15) is 0 Å². The first-order valence-corrected chi connectivity index (χ1v) is 9.68. The number of benzene rings is 3. The molecule has 1 heterocycles. The normalized spacial score (nSPS) is 10.7. The van der Waals surface area contributed by atoms with E-state index in [1.807, 2.05) is 43.3 Å². The summed E-state index contributed by atoms with van der Waals surface area (Å²) in [6.45, 7) is 0. The number of carbonyl (C=O) groups excluding carboxylic acids is 1. The number of aromatic nitrogens is 1. The van der Waals surface area contributed by atoms with Gasteiger partial charge in [-0.3, -0.25) is 14.9 Å². The highest BCUT2D eigenvalue weighted by Crippen LogP contribution is 2.29. The molecule has 32 heavy (non-hydrogen) atoms. The molecule has 162 valence electrons. The van der Waals surface area contributed by atoms with Crippen LogP contribution >= 0.6 is 0 Å². The quantitative estimate of drug-likeness (QED) is 0.346. The molecular weight excluding hydrogens is 412 g/mol. The lowest BCUT2D eigenvalue weighted by atomic mass is 10.1. The largest absolute Gasteiger partial charge is 0.490 e. The molecule has 4 aromatic rings. The molecule has 0 fully saturated rings. The van der Waals surface area contributed by atoms with E-state index >= 15 is 0 Å². The zero-order chi connectivity index (χ0) is 22.8. The molecule has 0 spiro atoms. The van der Waals surface area contributed by atoms with Gasteiger partial charge in [0.2, 0.25) is 5.89 Å². The maximum Gasteiger partial charge on any atom is 0.311 e. The lowest BCUT2D eigenvalue weighted by Crippen LogP contribution is -2.12. The van der Waals surface area contributed by atoms with Crippen LogP contribution in [0.2, 0.25) is 0 Å². The van der Waals surface area contributed by atoms with Gasteiger partial charge in [-0.25, -0.2) is 4.98 Å². The van der Waals surface area contributed by atoms with Crippen molar-refractivity contribution in [3.63, 3.8) is 0 Å². The van der Waals surface area contributed by atoms with Crippen molar-refractivity contribution in [1.82, 2.24) is 4.98 Å². The van der Waals surface area contributed by atoms with E-state index in [4.69, 9.17) is 9.15 Å². The number of carbonyl (C=O) groups is 1. The minimum Gasteiger partial charge on any atom is -0.490 e. The highest BCUT2D eigenvalue weighted by atomic mass is 16.6. The van der Waals surface area contributed by atoms with Crippen LogP contribution in [0.4, 0.5) is 17.1 Å². The summed E-state index contributed by atoms with van der Waals surface area (Å²) in [5.74, 6) is 0.0689. The van der Waals surface area contributed by atoms with Crippen molar-refractivity contribution in [2.45, 2.75) is 0 Å². The van der Waals surface area contributed by atoms with Crippen molar-refractivity contribution in [2.24, 2.45) is 0 Å². The number of nitrogens with one attached hydrogen (secondary N) is 1. The van der Waals surface area contributed by atoms with E-state index in [1.54, 1.807) is 18.2 Å². The third-order valence-corrected chi connectivity index (χ3v) is 4.91. The summed E-state index contributed by atoms with van der Waals surface area (Å²) in [6.07, 6.45) is 0. The van der Waals surface area contributed by atoms with Crippen molar-refractivity contribution < 1.29 is 18.9 Å². The van der Waals surface area contributed by atoms with Gasteiger partial charge in [0, 0.05) is 42.7 Å². The molecule has 3 aromatic carbocycles. The molecule has 9 heteroatoms. The van der Waals surface area contributed by atoms with Crippen LogP contribution in [0.15, 0.2) is 65.1 Å². The predicted octanol–water partition coefficient (Wildman–Crippen LogP) is 4.73. The van der Waals surface area contributed by atoms with Crippen LogP contribution in [-0.2, 0) is 0 Å². The molecule has 0 aliphatic rings. The number of fused-ring (bicyclic) bond motifs is 1. The number of ether oxygens (including phenoxy) is 1. The Balaban J connectivity index is 1.57. The Bertz CT molecular complexity index is 1310. The Morgan fingerprint density at radius 3 is 2.50 bits per heavy atom. The summed E-state index contributed by atoms with van der Waals surface area (Å²) in [6, 6.07) is 16.9.